The molecule has 1 aliphatic rings. The van der Waals surface area contributed by atoms with Crippen LogP contribution in [0.25, 0.3) is 0 Å². The molecule has 2 rings (SSSR count). The van der Waals surface area contributed by atoms with Gasteiger partial charge in [0.05, 0.1) is 19.6 Å². The molecule has 1 aliphatic heterocycles. The van der Waals surface area contributed by atoms with Crippen molar-refractivity contribution in [1.29, 1.82) is 0 Å². The van der Waals surface area contributed by atoms with Crippen molar-refractivity contribution in [2.45, 2.75) is 19.0 Å². The van der Waals surface area contributed by atoms with Gasteiger partial charge in [0.15, 0.2) is 5.82 Å². The Morgan fingerprint density at radius 1 is 1.39 bits per heavy atom. The van der Waals surface area contributed by atoms with Gasteiger partial charge in [-0.05, 0) is 0 Å². The minimum Gasteiger partial charge on any atom is -0.384 e. The lowest BCUT2D eigenvalue weighted by molar-refractivity contribution is 0.192. The van der Waals surface area contributed by atoms with Crippen LogP contribution in [0.4, 0.5) is 0 Å². The van der Waals surface area contributed by atoms with Crippen LogP contribution >= 0.6 is 23.5 Å². The second kappa shape index (κ2) is 8.04. The van der Waals surface area contributed by atoms with E-state index in [9.17, 15) is 0 Å². The molecule has 2 heterocycles. The normalized spacial score (nSPS) is 17.8. The number of hydrogen-bond acceptors (Lipinski definition) is 7. The van der Waals surface area contributed by atoms with Crippen LogP contribution in [0.2, 0.25) is 0 Å². The SMILES string of the molecule is COCCc1nc(CNC2CSCCSC2)no1. The monoisotopic (exact) mass is 289 g/mol. The standard InChI is InChI=1S/C11H19N3O2S2/c1-15-3-2-11-13-10(14-16-11)6-12-9-7-17-4-5-18-8-9/h9,12H,2-8H2,1H3. The van der Waals surface area contributed by atoms with Crippen molar-refractivity contribution in [2.24, 2.45) is 0 Å². The summed E-state index contributed by atoms with van der Waals surface area (Å²) in [4.78, 5) is 4.32. The van der Waals surface area contributed by atoms with Crippen molar-refractivity contribution in [3.05, 3.63) is 11.7 Å². The molecule has 18 heavy (non-hydrogen) atoms. The Balaban J connectivity index is 1.73. The molecule has 0 aliphatic carbocycles. The van der Waals surface area contributed by atoms with Crippen molar-refractivity contribution in [1.82, 2.24) is 15.5 Å². The van der Waals surface area contributed by atoms with E-state index in [4.69, 9.17) is 9.26 Å². The summed E-state index contributed by atoms with van der Waals surface area (Å²) >= 11 is 4.02. The van der Waals surface area contributed by atoms with E-state index in [0.717, 1.165) is 5.82 Å². The summed E-state index contributed by atoms with van der Waals surface area (Å²) in [6, 6.07) is 0.545. The number of thioether (sulfide) groups is 2. The molecule has 0 spiro atoms. The Kier molecular flexibility index (Phi) is 6.33. The Morgan fingerprint density at radius 3 is 2.89 bits per heavy atom. The zero-order valence-corrected chi connectivity index (χ0v) is 12.2. The summed E-state index contributed by atoms with van der Waals surface area (Å²) in [5, 5.41) is 7.45. The van der Waals surface area contributed by atoms with Gasteiger partial charge in [-0.1, -0.05) is 5.16 Å². The number of ether oxygens (including phenoxy) is 1. The molecule has 1 aromatic heterocycles. The van der Waals surface area contributed by atoms with E-state index >= 15 is 0 Å². The second-order valence-electron chi connectivity index (χ2n) is 4.07. The first-order chi connectivity index (χ1) is 8.88. The third-order valence-corrected chi connectivity index (χ3v) is 5.11. The molecule has 0 radical (unpaired) electrons. The van der Waals surface area contributed by atoms with Crippen molar-refractivity contribution >= 4 is 23.5 Å². The topological polar surface area (TPSA) is 60.2 Å². The highest BCUT2D eigenvalue weighted by molar-refractivity contribution is 8.03. The van der Waals surface area contributed by atoms with Crippen LogP contribution in [0.5, 0.6) is 0 Å². The van der Waals surface area contributed by atoms with Gasteiger partial charge in [0.25, 0.3) is 0 Å². The number of aromatic nitrogens is 2. The molecule has 0 saturated carbocycles. The lowest BCUT2D eigenvalue weighted by Gasteiger charge is -2.13. The highest BCUT2D eigenvalue weighted by atomic mass is 32.2. The molecule has 5 nitrogen and oxygen atoms in total. The van der Waals surface area contributed by atoms with Gasteiger partial charge in [-0.15, -0.1) is 0 Å². The van der Waals surface area contributed by atoms with E-state index in [1.807, 2.05) is 23.5 Å². The molecule has 0 amide bonds. The average Bonchev–Trinajstić information content (AvgIpc) is 2.68. The summed E-state index contributed by atoms with van der Waals surface area (Å²) in [5.74, 6) is 6.24. The Hall–Kier alpha value is -0.240. The third-order valence-electron chi connectivity index (χ3n) is 2.59. The largest absolute Gasteiger partial charge is 0.384 e. The molecule has 1 aromatic rings. The number of methoxy groups -OCH3 is 1. The quantitative estimate of drug-likeness (QED) is 0.844. The highest BCUT2D eigenvalue weighted by Crippen LogP contribution is 2.16. The molecule has 102 valence electrons. The van der Waals surface area contributed by atoms with Gasteiger partial charge in [-0.2, -0.15) is 28.5 Å². The highest BCUT2D eigenvalue weighted by Gasteiger charge is 2.13. The van der Waals surface area contributed by atoms with E-state index < -0.39 is 0 Å². The van der Waals surface area contributed by atoms with Gasteiger partial charge in [-0.25, -0.2) is 0 Å². The lowest BCUT2D eigenvalue weighted by atomic mass is 10.4. The molecule has 1 fully saturated rings. The lowest BCUT2D eigenvalue weighted by Crippen LogP contribution is -2.33. The zero-order chi connectivity index (χ0) is 12.6. The maximum absolute atomic E-state index is 5.14. The molecule has 1 saturated heterocycles. The van der Waals surface area contributed by atoms with Crippen LogP contribution in [-0.4, -0.2) is 52.9 Å². The summed E-state index contributed by atoms with van der Waals surface area (Å²) < 4.78 is 10.1. The summed E-state index contributed by atoms with van der Waals surface area (Å²) in [6.07, 6.45) is 0.679. The Bertz CT molecular complexity index is 341. The van der Waals surface area contributed by atoms with Crippen LogP contribution in [0.1, 0.15) is 11.7 Å². The maximum atomic E-state index is 5.14. The smallest absolute Gasteiger partial charge is 0.229 e. The van der Waals surface area contributed by atoms with E-state index in [1.54, 1.807) is 7.11 Å². The van der Waals surface area contributed by atoms with E-state index in [-0.39, 0.29) is 0 Å². The molecular weight excluding hydrogens is 270 g/mol. The van der Waals surface area contributed by atoms with Gasteiger partial charge >= 0.3 is 0 Å². The minimum absolute atomic E-state index is 0.545. The predicted molar refractivity (Wildman–Crippen MR) is 75.2 cm³/mol. The fourth-order valence-corrected chi connectivity index (χ4v) is 4.09. The maximum Gasteiger partial charge on any atom is 0.229 e. The molecule has 0 unspecified atom stereocenters. The third kappa shape index (κ3) is 4.79. The fraction of sp³-hybridized carbons (Fsp3) is 0.818. The van der Waals surface area contributed by atoms with Gasteiger partial charge in [0.1, 0.15) is 0 Å². The van der Waals surface area contributed by atoms with Crippen molar-refractivity contribution in [2.75, 3.05) is 36.7 Å². The predicted octanol–water partition coefficient (Wildman–Crippen LogP) is 1.20. The molecule has 7 heteroatoms. The van der Waals surface area contributed by atoms with Crippen LogP contribution in [0.3, 0.4) is 0 Å². The van der Waals surface area contributed by atoms with Crippen molar-refractivity contribution in [3.63, 3.8) is 0 Å². The number of rotatable bonds is 6. The number of hydrogen-bond donors (Lipinski definition) is 1. The van der Waals surface area contributed by atoms with Crippen LogP contribution in [0, 0.1) is 0 Å². The molecule has 0 atom stereocenters. The number of nitrogens with zero attached hydrogens (tertiary/aromatic N) is 2. The van der Waals surface area contributed by atoms with Crippen molar-refractivity contribution < 1.29 is 9.26 Å². The average molecular weight is 289 g/mol. The first-order valence-electron chi connectivity index (χ1n) is 6.07. The second-order valence-corrected chi connectivity index (χ2v) is 6.37. The van der Waals surface area contributed by atoms with Crippen LogP contribution in [0.15, 0.2) is 4.52 Å². The Morgan fingerprint density at radius 2 is 2.17 bits per heavy atom. The van der Waals surface area contributed by atoms with Gasteiger partial charge in [0, 0.05) is 36.2 Å². The fourth-order valence-electron chi connectivity index (χ4n) is 1.62. The van der Waals surface area contributed by atoms with E-state index in [2.05, 4.69) is 15.5 Å². The van der Waals surface area contributed by atoms with Gasteiger partial charge in [-0.3, -0.25) is 0 Å². The van der Waals surface area contributed by atoms with Crippen LogP contribution in [-0.2, 0) is 17.7 Å². The van der Waals surface area contributed by atoms with E-state index in [1.165, 1.54) is 23.0 Å². The first-order valence-corrected chi connectivity index (χ1v) is 8.38. The molecule has 1 N–H and O–H groups in total. The Labute approximate surface area is 116 Å². The minimum atomic E-state index is 0.545. The summed E-state index contributed by atoms with van der Waals surface area (Å²) in [5.41, 5.74) is 0. The zero-order valence-electron chi connectivity index (χ0n) is 10.6. The summed E-state index contributed by atoms with van der Waals surface area (Å²) in [6.45, 7) is 1.30. The molecule has 0 aromatic carbocycles. The van der Waals surface area contributed by atoms with Gasteiger partial charge < -0.3 is 14.6 Å². The molecule has 0 bridgehead atoms. The molecular formula is C11H19N3O2S2. The van der Waals surface area contributed by atoms with Crippen LogP contribution < -0.4 is 5.32 Å². The van der Waals surface area contributed by atoms with E-state index in [0.29, 0.717) is 31.5 Å². The first kappa shape index (κ1) is 14.2. The number of nitrogens with one attached hydrogen (secondary N) is 1. The van der Waals surface area contributed by atoms with Crippen molar-refractivity contribution in [3.8, 4) is 0 Å². The summed E-state index contributed by atoms with van der Waals surface area (Å²) in [7, 11) is 1.67. The van der Waals surface area contributed by atoms with Gasteiger partial charge in [0.2, 0.25) is 5.89 Å².